The molecule has 0 aromatic carbocycles. The molecule has 1 atom stereocenters. The van der Waals surface area contributed by atoms with Crippen LogP contribution in [0.5, 0.6) is 0 Å². The lowest BCUT2D eigenvalue weighted by Crippen LogP contribution is -2.49. The van der Waals surface area contributed by atoms with Crippen LogP contribution in [0.25, 0.3) is 10.2 Å². The van der Waals surface area contributed by atoms with Crippen molar-refractivity contribution in [3.8, 4) is 0 Å². The third kappa shape index (κ3) is 3.94. The lowest BCUT2D eigenvalue weighted by Gasteiger charge is -2.35. The van der Waals surface area contributed by atoms with Gasteiger partial charge in [-0.25, -0.2) is 9.97 Å². The SMILES string of the molecule is CCCNC(=O)CN1CCN(c2ncnc3sc4c(c23)CCC(C)C4)CC1. The summed E-state index contributed by atoms with van der Waals surface area (Å²) in [5.74, 6) is 2.00. The van der Waals surface area contributed by atoms with E-state index in [1.807, 2.05) is 11.3 Å². The van der Waals surface area contributed by atoms with Crippen molar-refractivity contribution in [2.45, 2.75) is 39.5 Å². The molecule has 0 bridgehead atoms. The highest BCUT2D eigenvalue weighted by Crippen LogP contribution is 2.40. The van der Waals surface area contributed by atoms with Crippen LogP contribution in [-0.2, 0) is 17.6 Å². The second-order valence-electron chi connectivity index (χ2n) is 7.84. The zero-order chi connectivity index (χ0) is 18.8. The number of nitrogens with one attached hydrogen (secondary N) is 1. The third-order valence-electron chi connectivity index (χ3n) is 5.68. The van der Waals surface area contributed by atoms with E-state index in [1.54, 1.807) is 6.33 Å². The summed E-state index contributed by atoms with van der Waals surface area (Å²) in [6, 6.07) is 0. The largest absolute Gasteiger partial charge is 0.355 e. The second kappa shape index (κ2) is 8.10. The molecule has 0 radical (unpaired) electrons. The molecule has 27 heavy (non-hydrogen) atoms. The zero-order valence-corrected chi connectivity index (χ0v) is 17.1. The summed E-state index contributed by atoms with van der Waals surface area (Å²) in [6.45, 7) is 9.30. The van der Waals surface area contributed by atoms with Gasteiger partial charge in [-0.1, -0.05) is 13.8 Å². The van der Waals surface area contributed by atoms with Crippen molar-refractivity contribution in [2.75, 3.05) is 44.2 Å². The lowest BCUT2D eigenvalue weighted by molar-refractivity contribution is -0.122. The van der Waals surface area contributed by atoms with E-state index < -0.39 is 0 Å². The molecule has 7 heteroatoms. The molecule has 6 nitrogen and oxygen atoms in total. The first kappa shape index (κ1) is 18.6. The first-order chi connectivity index (χ1) is 13.2. The fourth-order valence-electron chi connectivity index (χ4n) is 4.14. The van der Waals surface area contributed by atoms with Crippen LogP contribution in [0.3, 0.4) is 0 Å². The van der Waals surface area contributed by atoms with Crippen LogP contribution in [0.15, 0.2) is 6.33 Å². The Morgan fingerprint density at radius 3 is 2.89 bits per heavy atom. The van der Waals surface area contributed by atoms with Gasteiger partial charge in [0.25, 0.3) is 0 Å². The van der Waals surface area contributed by atoms with E-state index in [9.17, 15) is 4.79 Å². The molecular formula is C20H29N5OS. The Hall–Kier alpha value is -1.73. The molecule has 146 valence electrons. The Bertz CT molecular complexity index is 812. The van der Waals surface area contributed by atoms with Gasteiger partial charge >= 0.3 is 0 Å². The molecule has 2 aliphatic rings. The van der Waals surface area contributed by atoms with Crippen molar-refractivity contribution in [1.82, 2.24) is 20.2 Å². The highest BCUT2D eigenvalue weighted by Gasteiger charge is 2.26. The van der Waals surface area contributed by atoms with E-state index in [4.69, 9.17) is 0 Å². The maximum atomic E-state index is 12.0. The monoisotopic (exact) mass is 387 g/mol. The maximum absolute atomic E-state index is 12.0. The van der Waals surface area contributed by atoms with Gasteiger partial charge in [-0.3, -0.25) is 9.69 Å². The smallest absolute Gasteiger partial charge is 0.234 e. The first-order valence-corrected chi connectivity index (χ1v) is 11.0. The van der Waals surface area contributed by atoms with E-state index in [0.29, 0.717) is 6.54 Å². The quantitative estimate of drug-likeness (QED) is 0.854. The van der Waals surface area contributed by atoms with Gasteiger partial charge in [0.1, 0.15) is 17.0 Å². The van der Waals surface area contributed by atoms with Crippen LogP contribution in [0, 0.1) is 5.92 Å². The molecule has 1 unspecified atom stereocenters. The van der Waals surface area contributed by atoms with Gasteiger partial charge in [-0.2, -0.15) is 0 Å². The summed E-state index contributed by atoms with van der Waals surface area (Å²) in [4.78, 5) is 28.5. The number of aromatic nitrogens is 2. The fraction of sp³-hybridized carbons (Fsp3) is 0.650. The van der Waals surface area contributed by atoms with Crippen LogP contribution in [0.1, 0.15) is 37.1 Å². The minimum absolute atomic E-state index is 0.135. The average molecular weight is 388 g/mol. The van der Waals surface area contributed by atoms with Crippen LogP contribution >= 0.6 is 11.3 Å². The molecule has 1 aliphatic heterocycles. The number of amides is 1. The molecule has 4 rings (SSSR count). The summed E-state index contributed by atoms with van der Waals surface area (Å²) in [7, 11) is 0. The Morgan fingerprint density at radius 2 is 2.11 bits per heavy atom. The van der Waals surface area contributed by atoms with E-state index in [2.05, 4.69) is 38.9 Å². The number of hydrogen-bond acceptors (Lipinski definition) is 6. The normalized spacial score (nSPS) is 20.7. The van der Waals surface area contributed by atoms with Gasteiger partial charge in [-0.05, 0) is 37.2 Å². The van der Waals surface area contributed by atoms with Crippen molar-refractivity contribution in [3.05, 3.63) is 16.8 Å². The Balaban J connectivity index is 1.47. The van der Waals surface area contributed by atoms with Gasteiger partial charge in [0, 0.05) is 37.6 Å². The van der Waals surface area contributed by atoms with E-state index in [-0.39, 0.29) is 5.91 Å². The Morgan fingerprint density at radius 1 is 1.30 bits per heavy atom. The number of piperazine rings is 1. The lowest BCUT2D eigenvalue weighted by atomic mass is 9.89. The van der Waals surface area contributed by atoms with Crippen molar-refractivity contribution < 1.29 is 4.79 Å². The molecule has 1 N–H and O–H groups in total. The highest BCUT2D eigenvalue weighted by atomic mass is 32.1. The number of rotatable bonds is 5. The van der Waals surface area contributed by atoms with Crippen LogP contribution in [-0.4, -0.2) is 60.0 Å². The van der Waals surface area contributed by atoms with Gasteiger partial charge in [-0.15, -0.1) is 11.3 Å². The second-order valence-corrected chi connectivity index (χ2v) is 8.93. The number of carbonyl (C=O) groups excluding carboxylic acids is 1. The molecule has 2 aromatic heterocycles. The topological polar surface area (TPSA) is 61.4 Å². The van der Waals surface area contributed by atoms with Gasteiger partial charge in [0.05, 0.1) is 11.9 Å². The molecule has 0 saturated carbocycles. The molecular weight excluding hydrogens is 358 g/mol. The minimum Gasteiger partial charge on any atom is -0.355 e. The molecule has 3 heterocycles. The van der Waals surface area contributed by atoms with E-state index >= 15 is 0 Å². The predicted octanol–water partition coefficient (Wildman–Crippen LogP) is 2.46. The van der Waals surface area contributed by atoms with E-state index in [0.717, 1.165) is 62.1 Å². The summed E-state index contributed by atoms with van der Waals surface area (Å²) < 4.78 is 0. The van der Waals surface area contributed by atoms with Crippen molar-refractivity contribution >= 4 is 33.3 Å². The third-order valence-corrected chi connectivity index (χ3v) is 6.85. The highest BCUT2D eigenvalue weighted by molar-refractivity contribution is 7.19. The standard InChI is InChI=1S/C20H29N5OS/c1-3-6-21-17(26)12-24-7-9-25(10-8-24)19-18-15-5-4-14(2)11-16(15)27-20(18)23-13-22-19/h13-14H,3-12H2,1-2H3,(H,21,26). The Labute approximate surface area is 165 Å². The van der Waals surface area contributed by atoms with Crippen molar-refractivity contribution in [2.24, 2.45) is 5.92 Å². The van der Waals surface area contributed by atoms with Crippen molar-refractivity contribution in [1.29, 1.82) is 0 Å². The molecule has 0 spiro atoms. The number of fused-ring (bicyclic) bond motifs is 3. The minimum atomic E-state index is 0.135. The van der Waals surface area contributed by atoms with Gasteiger partial charge in [0.2, 0.25) is 5.91 Å². The van der Waals surface area contributed by atoms with Crippen molar-refractivity contribution in [3.63, 3.8) is 0 Å². The number of nitrogens with zero attached hydrogens (tertiary/aromatic N) is 4. The molecule has 1 aliphatic carbocycles. The molecule has 1 fully saturated rings. The summed E-state index contributed by atoms with van der Waals surface area (Å²) >= 11 is 1.86. The zero-order valence-electron chi connectivity index (χ0n) is 16.3. The van der Waals surface area contributed by atoms with Crippen LogP contribution in [0.4, 0.5) is 5.82 Å². The van der Waals surface area contributed by atoms with Crippen LogP contribution < -0.4 is 10.2 Å². The molecule has 1 amide bonds. The number of thiophene rings is 1. The Kier molecular flexibility index (Phi) is 5.59. The number of aryl methyl sites for hydroxylation is 1. The van der Waals surface area contributed by atoms with E-state index in [1.165, 1.54) is 28.7 Å². The average Bonchev–Trinajstić information content (AvgIpc) is 3.04. The number of anilines is 1. The molecule has 2 aromatic rings. The maximum Gasteiger partial charge on any atom is 0.234 e. The predicted molar refractivity (Wildman–Crippen MR) is 111 cm³/mol. The summed E-state index contributed by atoms with van der Waals surface area (Å²) in [5, 5.41) is 4.26. The first-order valence-electron chi connectivity index (χ1n) is 10.1. The van der Waals surface area contributed by atoms with Gasteiger partial charge < -0.3 is 10.2 Å². The van der Waals surface area contributed by atoms with Crippen LogP contribution in [0.2, 0.25) is 0 Å². The number of carbonyl (C=O) groups is 1. The summed E-state index contributed by atoms with van der Waals surface area (Å²) in [5.41, 5.74) is 1.49. The number of hydrogen-bond donors (Lipinski definition) is 1. The molecule has 1 saturated heterocycles. The van der Waals surface area contributed by atoms with Gasteiger partial charge in [0.15, 0.2) is 0 Å². The fourth-order valence-corrected chi connectivity index (χ4v) is 5.48. The summed E-state index contributed by atoms with van der Waals surface area (Å²) in [6.07, 6.45) is 6.28.